The first-order chi connectivity index (χ1) is 11.0. The lowest BCUT2D eigenvalue weighted by Crippen LogP contribution is -2.47. The number of hydrogen-bond acceptors (Lipinski definition) is 5. The van der Waals surface area contributed by atoms with Crippen molar-refractivity contribution >= 4 is 5.91 Å². The zero-order valence-corrected chi connectivity index (χ0v) is 13.4. The van der Waals surface area contributed by atoms with E-state index < -0.39 is 18.2 Å². The van der Waals surface area contributed by atoms with Gasteiger partial charge in [0.2, 0.25) is 5.91 Å². The third kappa shape index (κ3) is 4.51. The maximum absolute atomic E-state index is 11.1. The largest absolute Gasteiger partial charge is 0.395 e. The predicted octanol–water partition coefficient (Wildman–Crippen LogP) is -0.478. The molecule has 2 rings (SSSR count). The number of likely N-dealkylation sites (tertiary alicyclic amines) is 1. The quantitative estimate of drug-likeness (QED) is 0.544. The minimum absolute atomic E-state index is 0.177. The zero-order chi connectivity index (χ0) is 16.8. The molecule has 128 valence electrons. The first kappa shape index (κ1) is 17.9. The maximum Gasteiger partial charge on any atom is 0.216 e. The van der Waals surface area contributed by atoms with Crippen LogP contribution < -0.4 is 5.32 Å². The van der Waals surface area contributed by atoms with Gasteiger partial charge < -0.3 is 20.6 Å². The highest BCUT2D eigenvalue weighted by molar-refractivity contribution is 5.72. The van der Waals surface area contributed by atoms with Crippen molar-refractivity contribution in [3.05, 3.63) is 35.9 Å². The van der Waals surface area contributed by atoms with Crippen LogP contribution in [0, 0.1) is 0 Å². The number of carbonyl (C=O) groups excluding carboxylic acids is 1. The Labute approximate surface area is 136 Å². The van der Waals surface area contributed by atoms with Crippen LogP contribution in [-0.4, -0.2) is 70.1 Å². The second-order valence-corrected chi connectivity index (χ2v) is 6.06. The van der Waals surface area contributed by atoms with Crippen LogP contribution in [0.4, 0.5) is 0 Å². The summed E-state index contributed by atoms with van der Waals surface area (Å²) in [6, 6.07) is 9.20. The summed E-state index contributed by atoms with van der Waals surface area (Å²) in [4.78, 5) is 13.0. The fourth-order valence-electron chi connectivity index (χ4n) is 3.23. The van der Waals surface area contributed by atoms with Gasteiger partial charge in [-0.3, -0.25) is 9.69 Å². The monoisotopic (exact) mass is 322 g/mol. The number of aryl methyl sites for hydroxylation is 1. The molecule has 1 aromatic rings. The molecule has 0 saturated carbocycles. The highest BCUT2D eigenvalue weighted by atomic mass is 16.3. The van der Waals surface area contributed by atoms with Crippen molar-refractivity contribution in [2.24, 2.45) is 0 Å². The number of hydrogen-bond donors (Lipinski definition) is 4. The Bertz CT molecular complexity index is 497. The first-order valence-electron chi connectivity index (χ1n) is 8.05. The van der Waals surface area contributed by atoms with Gasteiger partial charge in [-0.25, -0.2) is 0 Å². The number of carbonyl (C=O) groups is 1. The second kappa shape index (κ2) is 8.40. The molecule has 0 aromatic heterocycles. The Balaban J connectivity index is 1.97. The Kier molecular flexibility index (Phi) is 6.53. The van der Waals surface area contributed by atoms with Crippen LogP contribution in [0.5, 0.6) is 0 Å². The molecule has 0 aliphatic carbocycles. The normalized spacial score (nSPS) is 28.0. The van der Waals surface area contributed by atoms with E-state index in [0.717, 1.165) is 12.8 Å². The average Bonchev–Trinajstić information content (AvgIpc) is 2.77. The summed E-state index contributed by atoms with van der Waals surface area (Å²) >= 11 is 0. The zero-order valence-electron chi connectivity index (χ0n) is 13.4. The van der Waals surface area contributed by atoms with Crippen LogP contribution in [0.15, 0.2) is 30.3 Å². The van der Waals surface area contributed by atoms with Crippen molar-refractivity contribution in [2.45, 2.75) is 44.1 Å². The molecule has 0 radical (unpaired) electrons. The van der Waals surface area contributed by atoms with E-state index in [-0.39, 0.29) is 25.1 Å². The van der Waals surface area contributed by atoms with Gasteiger partial charge in [0.15, 0.2) is 0 Å². The van der Waals surface area contributed by atoms with Gasteiger partial charge in [0.05, 0.1) is 30.9 Å². The first-order valence-corrected chi connectivity index (χ1v) is 8.05. The van der Waals surface area contributed by atoms with E-state index in [1.165, 1.54) is 12.5 Å². The molecule has 4 N–H and O–H groups in total. The highest BCUT2D eigenvalue weighted by Crippen LogP contribution is 2.25. The molecule has 1 amide bonds. The molecule has 0 spiro atoms. The van der Waals surface area contributed by atoms with Gasteiger partial charge in [-0.1, -0.05) is 30.3 Å². The Morgan fingerprint density at radius 3 is 2.43 bits per heavy atom. The van der Waals surface area contributed by atoms with E-state index >= 15 is 0 Å². The molecule has 1 saturated heterocycles. The Morgan fingerprint density at radius 2 is 1.83 bits per heavy atom. The minimum atomic E-state index is -1.00. The van der Waals surface area contributed by atoms with E-state index in [0.29, 0.717) is 6.54 Å². The standard InChI is InChI=1S/C17H26N2O4/c1-12(21)18-10-14-16(22)17(23)15(11-20)19(14)9-5-8-13-6-3-2-4-7-13/h2-4,6-7,14-17,20,22-23H,5,8-11H2,1H3,(H,18,21). The summed E-state index contributed by atoms with van der Waals surface area (Å²) in [5.74, 6) is -0.177. The van der Waals surface area contributed by atoms with E-state index in [2.05, 4.69) is 17.4 Å². The van der Waals surface area contributed by atoms with Gasteiger partial charge in [0.1, 0.15) is 0 Å². The number of nitrogens with zero attached hydrogens (tertiary/aromatic N) is 1. The average molecular weight is 322 g/mol. The molecular formula is C17H26N2O4. The fourth-order valence-corrected chi connectivity index (χ4v) is 3.23. The van der Waals surface area contributed by atoms with Crippen LogP contribution >= 0.6 is 0 Å². The van der Waals surface area contributed by atoms with Gasteiger partial charge in [-0.2, -0.15) is 0 Å². The number of aliphatic hydroxyl groups is 3. The molecular weight excluding hydrogens is 296 g/mol. The maximum atomic E-state index is 11.1. The molecule has 6 nitrogen and oxygen atoms in total. The van der Waals surface area contributed by atoms with Crippen molar-refractivity contribution in [1.82, 2.24) is 10.2 Å². The van der Waals surface area contributed by atoms with Crippen molar-refractivity contribution in [1.29, 1.82) is 0 Å². The third-order valence-corrected chi connectivity index (χ3v) is 4.46. The van der Waals surface area contributed by atoms with Crippen LogP contribution in [0.3, 0.4) is 0 Å². The van der Waals surface area contributed by atoms with Crippen molar-refractivity contribution < 1.29 is 20.1 Å². The molecule has 1 aromatic carbocycles. The lowest BCUT2D eigenvalue weighted by Gasteiger charge is -2.29. The topological polar surface area (TPSA) is 93.0 Å². The minimum Gasteiger partial charge on any atom is -0.395 e. The fraction of sp³-hybridized carbons (Fsp3) is 0.588. The molecule has 23 heavy (non-hydrogen) atoms. The van der Waals surface area contributed by atoms with Gasteiger partial charge in [-0.15, -0.1) is 0 Å². The number of rotatable bonds is 7. The Hall–Kier alpha value is -1.47. The molecule has 1 heterocycles. The number of aliphatic hydroxyl groups excluding tert-OH is 3. The lowest BCUT2D eigenvalue weighted by molar-refractivity contribution is -0.119. The molecule has 4 unspecified atom stereocenters. The summed E-state index contributed by atoms with van der Waals surface area (Å²) in [5.41, 5.74) is 1.23. The van der Waals surface area contributed by atoms with E-state index in [1.807, 2.05) is 23.1 Å². The number of nitrogens with one attached hydrogen (secondary N) is 1. The molecule has 1 aliphatic heterocycles. The summed E-state index contributed by atoms with van der Waals surface area (Å²) in [6.45, 7) is 2.09. The van der Waals surface area contributed by atoms with Gasteiger partial charge in [0.25, 0.3) is 0 Å². The van der Waals surface area contributed by atoms with Crippen LogP contribution in [0.2, 0.25) is 0 Å². The van der Waals surface area contributed by atoms with E-state index in [4.69, 9.17) is 0 Å². The highest BCUT2D eigenvalue weighted by Gasteiger charge is 2.46. The molecule has 1 aliphatic rings. The number of amides is 1. The molecule has 6 heteroatoms. The summed E-state index contributed by atoms with van der Waals surface area (Å²) < 4.78 is 0. The van der Waals surface area contributed by atoms with Crippen LogP contribution in [-0.2, 0) is 11.2 Å². The molecule has 0 bridgehead atoms. The molecule has 4 atom stereocenters. The predicted molar refractivity (Wildman–Crippen MR) is 86.8 cm³/mol. The van der Waals surface area contributed by atoms with Gasteiger partial charge in [-0.05, 0) is 24.9 Å². The van der Waals surface area contributed by atoms with Gasteiger partial charge >= 0.3 is 0 Å². The summed E-state index contributed by atoms with van der Waals surface area (Å²) in [7, 11) is 0. The van der Waals surface area contributed by atoms with Crippen LogP contribution in [0.1, 0.15) is 18.9 Å². The molecule has 1 fully saturated rings. The Morgan fingerprint density at radius 1 is 1.17 bits per heavy atom. The third-order valence-electron chi connectivity index (χ3n) is 4.46. The smallest absolute Gasteiger partial charge is 0.216 e. The second-order valence-electron chi connectivity index (χ2n) is 6.06. The lowest BCUT2D eigenvalue weighted by atomic mass is 10.1. The summed E-state index contributed by atoms with van der Waals surface area (Å²) in [5, 5.41) is 32.5. The van der Waals surface area contributed by atoms with Crippen molar-refractivity contribution in [3.8, 4) is 0 Å². The van der Waals surface area contributed by atoms with E-state index in [1.54, 1.807) is 0 Å². The number of benzene rings is 1. The van der Waals surface area contributed by atoms with Crippen molar-refractivity contribution in [3.63, 3.8) is 0 Å². The van der Waals surface area contributed by atoms with Gasteiger partial charge in [0, 0.05) is 13.5 Å². The SMILES string of the molecule is CC(=O)NCC1C(O)C(O)C(CO)N1CCCc1ccccc1. The van der Waals surface area contributed by atoms with E-state index in [9.17, 15) is 20.1 Å². The van der Waals surface area contributed by atoms with Crippen molar-refractivity contribution in [2.75, 3.05) is 19.7 Å². The van der Waals surface area contributed by atoms with Crippen LogP contribution in [0.25, 0.3) is 0 Å². The summed E-state index contributed by atoms with van der Waals surface area (Å²) in [6.07, 6.45) is -0.253.